The fourth-order valence-electron chi connectivity index (χ4n) is 9.45. The minimum Gasteiger partial charge on any atom is -0.485 e. The number of hydrogen-bond acceptors (Lipinski definition) is 10. The Hall–Kier alpha value is -4.56. The van der Waals surface area contributed by atoms with Gasteiger partial charge < -0.3 is 18.4 Å². The molecule has 1 aromatic heterocycles. The maximum atomic E-state index is 17.0. The summed E-state index contributed by atoms with van der Waals surface area (Å²) in [6.45, 7) is 11.4. The van der Waals surface area contributed by atoms with Gasteiger partial charge in [0.25, 0.3) is 5.88 Å². The van der Waals surface area contributed by atoms with Crippen molar-refractivity contribution in [2.75, 3.05) is 27.2 Å². The van der Waals surface area contributed by atoms with E-state index in [0.717, 1.165) is 24.0 Å². The van der Waals surface area contributed by atoms with Gasteiger partial charge in [-0.1, -0.05) is 81.4 Å². The number of ether oxygens (including phenoxy) is 2. The number of aromatic nitrogens is 1. The molecule has 59 heavy (non-hydrogen) atoms. The highest BCUT2D eigenvalue weighted by atomic mass is 28.4. The van der Waals surface area contributed by atoms with Crippen LogP contribution < -0.4 is 9.47 Å². The maximum Gasteiger partial charge on any atom is 0.265 e. The third kappa shape index (κ3) is 6.97. The van der Waals surface area contributed by atoms with Crippen LogP contribution >= 0.6 is 0 Å². The normalized spacial score (nSPS) is 24.5. The van der Waals surface area contributed by atoms with Crippen LogP contribution in [0.5, 0.6) is 11.6 Å². The van der Waals surface area contributed by atoms with E-state index in [9.17, 15) is 0 Å². The smallest absolute Gasteiger partial charge is 0.265 e. The minimum atomic E-state index is -3.01. The number of hydrogen-bond donors (Lipinski definition) is 0. The zero-order chi connectivity index (χ0) is 42.0. The van der Waals surface area contributed by atoms with Crippen LogP contribution in [0, 0.1) is 29.4 Å². The van der Waals surface area contributed by atoms with Gasteiger partial charge in [-0.2, -0.15) is 0 Å². The van der Waals surface area contributed by atoms with Gasteiger partial charge in [-0.15, -0.1) is 0 Å². The summed E-state index contributed by atoms with van der Waals surface area (Å²) in [6.07, 6.45) is 1.96. The van der Waals surface area contributed by atoms with Crippen LogP contribution in [0.25, 0.3) is 0 Å². The van der Waals surface area contributed by atoms with Gasteiger partial charge >= 0.3 is 0 Å². The van der Waals surface area contributed by atoms with Crippen molar-refractivity contribution in [3.63, 3.8) is 0 Å². The van der Waals surface area contributed by atoms with Gasteiger partial charge in [0.2, 0.25) is 5.78 Å². The highest BCUT2D eigenvalue weighted by molar-refractivity contribution is 6.74. The lowest BCUT2D eigenvalue weighted by atomic mass is 9.54. The SMILES string of the molecule is CN(C)[C@@H]1c2onc(OCc3ccccc3)c2C(=O)[C@@]2(O[Si](C)(C)C(C)(C)C)C(=O)C3C(=O)c4c(c(F)c(CN5CCCC5)c(F)c4OCc4ccccc4)C[C@H]3C[C@@H]12. The lowest BCUT2D eigenvalue weighted by molar-refractivity contribution is -0.151. The van der Waals surface area contributed by atoms with E-state index in [1.807, 2.05) is 118 Å². The van der Waals surface area contributed by atoms with Gasteiger partial charge in [-0.3, -0.25) is 24.2 Å². The second-order valence-electron chi connectivity index (χ2n) is 18.4. The number of rotatable bonds is 11. The summed E-state index contributed by atoms with van der Waals surface area (Å²) in [5.74, 6) is -7.08. The molecular weight excluding hydrogens is 773 g/mol. The molecule has 3 aliphatic carbocycles. The number of benzene rings is 3. The minimum absolute atomic E-state index is 0.000533. The Bertz CT molecular complexity index is 2270. The highest BCUT2D eigenvalue weighted by Crippen LogP contribution is 2.59. The molecule has 0 spiro atoms. The molecule has 8 rings (SSSR count). The van der Waals surface area contributed by atoms with E-state index in [0.29, 0.717) is 13.1 Å². The van der Waals surface area contributed by atoms with Crippen molar-refractivity contribution >= 4 is 25.7 Å². The Kier molecular flexibility index (Phi) is 10.8. The molecule has 1 aliphatic heterocycles. The fraction of sp³-hybridized carbons (Fsp3) is 0.478. The van der Waals surface area contributed by atoms with Gasteiger partial charge in [0.05, 0.1) is 17.5 Å². The first-order chi connectivity index (χ1) is 28.0. The molecule has 0 radical (unpaired) electrons. The first-order valence-electron chi connectivity index (χ1n) is 20.6. The number of carbonyl (C=O) groups is 3. The Morgan fingerprint density at radius 1 is 0.898 bits per heavy atom. The molecule has 1 saturated heterocycles. The summed E-state index contributed by atoms with van der Waals surface area (Å²) in [5.41, 5.74) is -0.983. The average Bonchev–Trinajstić information content (AvgIpc) is 3.87. The van der Waals surface area contributed by atoms with E-state index in [2.05, 4.69) is 5.16 Å². The van der Waals surface area contributed by atoms with Gasteiger partial charge in [-0.25, -0.2) is 8.78 Å². The number of nitrogens with zero attached hydrogens (tertiary/aromatic N) is 3. The standard InChI is InChI=1S/C46H53F2N3O7Si/c1-45(2,3)59(6,7)58-46-32(38(50(4)5)41-35(43(46)54)44(49-57-41)56-26-28-18-12-9-13-19-28)23-29-22-30-34(39(52)33(29)42(46)53)40(55-25-27-16-10-8-11-17-27)37(48)31(36(30)47)24-51-20-14-15-21-51/h8-13,16-19,29,32-33,38H,14-15,20-26H2,1-7H3/t29-,32-,33?,38-,46-/m0/s1. The average molecular weight is 826 g/mol. The van der Waals surface area contributed by atoms with E-state index in [1.165, 1.54) is 0 Å². The molecule has 312 valence electrons. The Morgan fingerprint density at radius 2 is 1.51 bits per heavy atom. The Morgan fingerprint density at radius 3 is 2.10 bits per heavy atom. The summed E-state index contributed by atoms with van der Waals surface area (Å²) in [7, 11) is 0.644. The molecule has 2 fully saturated rings. The first-order valence-corrected chi connectivity index (χ1v) is 23.5. The molecule has 0 bridgehead atoms. The molecule has 4 aliphatic rings. The lowest BCUT2D eigenvalue weighted by Crippen LogP contribution is -2.70. The molecule has 2 heterocycles. The predicted octanol–water partition coefficient (Wildman–Crippen LogP) is 8.53. The van der Waals surface area contributed by atoms with E-state index < -0.39 is 71.7 Å². The summed E-state index contributed by atoms with van der Waals surface area (Å²) in [5, 5.41) is 3.78. The summed E-state index contributed by atoms with van der Waals surface area (Å²) in [6, 6.07) is 17.8. The van der Waals surface area contributed by atoms with E-state index in [-0.39, 0.29) is 72.2 Å². The molecule has 0 N–H and O–H groups in total. The van der Waals surface area contributed by atoms with Gasteiger partial charge in [0.15, 0.2) is 42.8 Å². The zero-order valence-corrected chi connectivity index (χ0v) is 35.9. The number of halogens is 2. The summed E-state index contributed by atoms with van der Waals surface area (Å²) in [4.78, 5) is 50.4. The van der Waals surface area contributed by atoms with Crippen molar-refractivity contribution in [3.05, 3.63) is 111 Å². The second-order valence-corrected chi connectivity index (χ2v) is 23.1. The zero-order valence-electron chi connectivity index (χ0n) is 34.9. The molecule has 10 nitrogen and oxygen atoms in total. The van der Waals surface area contributed by atoms with Gasteiger partial charge in [0.1, 0.15) is 24.6 Å². The van der Waals surface area contributed by atoms with Crippen molar-refractivity contribution in [1.82, 2.24) is 15.0 Å². The van der Waals surface area contributed by atoms with Gasteiger partial charge in [-0.05, 0) is 93.2 Å². The van der Waals surface area contributed by atoms with Crippen LogP contribution in [0.15, 0.2) is 65.2 Å². The topological polar surface area (TPSA) is 111 Å². The van der Waals surface area contributed by atoms with Crippen molar-refractivity contribution in [3.8, 4) is 11.6 Å². The quantitative estimate of drug-likeness (QED) is 0.108. The van der Waals surface area contributed by atoms with E-state index >= 15 is 23.2 Å². The Balaban J connectivity index is 1.27. The summed E-state index contributed by atoms with van der Waals surface area (Å²) >= 11 is 0. The van der Waals surface area contributed by atoms with Crippen LogP contribution in [0.4, 0.5) is 8.78 Å². The van der Waals surface area contributed by atoms with Crippen molar-refractivity contribution in [2.45, 2.75) is 96.0 Å². The maximum absolute atomic E-state index is 17.0. The van der Waals surface area contributed by atoms with E-state index in [1.54, 1.807) is 0 Å². The number of Topliss-reactive ketones (excluding diaryl/α,β-unsaturated/α-hetero) is 3. The van der Waals surface area contributed by atoms with Crippen molar-refractivity contribution < 1.29 is 41.6 Å². The monoisotopic (exact) mass is 825 g/mol. The molecule has 13 heteroatoms. The van der Waals surface area contributed by atoms with Gasteiger partial charge in [0, 0.05) is 23.6 Å². The number of carbonyl (C=O) groups excluding carboxylic acids is 3. The number of fused-ring (bicyclic) bond motifs is 4. The summed E-state index contributed by atoms with van der Waals surface area (Å²) < 4.78 is 59.4. The third-order valence-electron chi connectivity index (χ3n) is 13.4. The molecule has 1 unspecified atom stereocenters. The number of ketones is 3. The van der Waals surface area contributed by atoms with Crippen LogP contribution in [-0.4, -0.2) is 73.4 Å². The lowest BCUT2D eigenvalue weighted by Gasteiger charge is -2.56. The first kappa shape index (κ1) is 41.2. The molecule has 3 aromatic carbocycles. The fourth-order valence-corrected chi connectivity index (χ4v) is 10.9. The molecular formula is C46H53F2N3O7Si. The Labute approximate surface area is 345 Å². The third-order valence-corrected chi connectivity index (χ3v) is 17.9. The van der Waals surface area contributed by atoms with Crippen LogP contribution in [-0.2, 0) is 35.4 Å². The molecule has 4 aromatic rings. The molecule has 5 atom stereocenters. The van der Waals surface area contributed by atoms with Crippen LogP contribution in [0.3, 0.4) is 0 Å². The molecule has 1 saturated carbocycles. The van der Waals surface area contributed by atoms with Crippen LogP contribution in [0.2, 0.25) is 18.1 Å². The van der Waals surface area contributed by atoms with Crippen LogP contribution in [0.1, 0.15) is 94.8 Å². The van der Waals surface area contributed by atoms with E-state index in [4.69, 9.17) is 18.4 Å². The second kappa shape index (κ2) is 15.5. The highest BCUT2D eigenvalue weighted by Gasteiger charge is 2.70. The van der Waals surface area contributed by atoms with Crippen molar-refractivity contribution in [2.24, 2.45) is 17.8 Å². The largest absolute Gasteiger partial charge is 0.485 e. The van der Waals surface area contributed by atoms with Crippen molar-refractivity contribution in [1.29, 1.82) is 0 Å². The molecule has 0 amide bonds. The predicted molar refractivity (Wildman–Crippen MR) is 219 cm³/mol. The number of likely N-dealkylation sites (tertiary alicyclic amines) is 1.